The molecule has 0 saturated carbocycles. The first-order valence-electron chi connectivity index (χ1n) is 4.13. The number of nitrogens with two attached hydrogens (primary N) is 1. The molecule has 0 unspecified atom stereocenters. The number of hydrogen-bond donors (Lipinski definition) is 1. The Morgan fingerprint density at radius 2 is 1.40 bits per heavy atom. The van der Waals surface area contributed by atoms with Gasteiger partial charge in [-0.25, -0.2) is 0 Å². The minimum Gasteiger partial charge on any atom is -0.753 e. The van der Waals surface area contributed by atoms with Crippen LogP contribution in [0.5, 0.6) is 0 Å². The van der Waals surface area contributed by atoms with E-state index >= 15 is 0 Å². The molecule has 0 rings (SSSR count). The Morgan fingerprint density at radius 3 is 1.47 bits per heavy atom. The van der Waals surface area contributed by atoms with Gasteiger partial charge in [0.25, 0.3) is 0 Å². The molecule has 7 heteroatoms. The number of likely N-dealkylation sites (N-methyl/N-ethyl adjacent to an activating group) is 1. The molecular formula is C8H16N4S2Zn. The zero-order valence-corrected chi connectivity index (χ0v) is 13.9. The number of hydrogen-bond acceptors (Lipinski definition) is 4. The minimum absolute atomic E-state index is 0. The van der Waals surface area contributed by atoms with Gasteiger partial charge >= 0.3 is 19.5 Å². The molecule has 0 heterocycles. The van der Waals surface area contributed by atoms with Gasteiger partial charge in [-0.05, 0) is 13.1 Å². The number of isothiocyanates is 2. The molecule has 0 aliphatic rings. The van der Waals surface area contributed by atoms with Crippen molar-refractivity contribution in [3.8, 4) is 0 Å². The van der Waals surface area contributed by atoms with Crippen LogP contribution in [0.2, 0.25) is 0 Å². The molecule has 0 fully saturated rings. The summed E-state index contributed by atoms with van der Waals surface area (Å²) in [5.74, 6) is 0. The molecule has 0 bridgehead atoms. The van der Waals surface area contributed by atoms with Crippen LogP contribution in [0.4, 0.5) is 0 Å². The molecule has 82 valence electrons. The van der Waals surface area contributed by atoms with Crippen molar-refractivity contribution < 1.29 is 19.5 Å². The van der Waals surface area contributed by atoms with Crippen LogP contribution in [-0.2, 0) is 19.5 Å². The van der Waals surface area contributed by atoms with E-state index in [9.17, 15) is 0 Å². The smallest absolute Gasteiger partial charge is 0.753 e. The predicted octanol–water partition coefficient (Wildman–Crippen LogP) is 1.60. The average molecular weight is 298 g/mol. The standard InChI is InChI=1S/C6H16N2.2CNS.Zn/c1-3-8(4-2)6-5-7;2*2-1-3;/h3-7H2,1-2H3;;;/q;2*-1;+2. The Hall–Kier alpha value is 0.143. The summed E-state index contributed by atoms with van der Waals surface area (Å²) in [6.45, 7) is 8.36. The van der Waals surface area contributed by atoms with E-state index in [0.717, 1.165) is 26.2 Å². The molecule has 0 spiro atoms. The Labute approximate surface area is 115 Å². The summed E-state index contributed by atoms with van der Waals surface area (Å²) in [5, 5.41) is 16.9. The summed E-state index contributed by atoms with van der Waals surface area (Å²) in [5.41, 5.74) is 5.34. The molecule has 0 amide bonds. The van der Waals surface area contributed by atoms with Crippen molar-refractivity contribution in [2.45, 2.75) is 13.8 Å². The van der Waals surface area contributed by atoms with Crippen LogP contribution in [0.15, 0.2) is 0 Å². The SMILES string of the molecule is CCN(CC)CCN.[N-]=C=S.[N-]=C=S.[Zn+2]. The average Bonchev–Trinajstić information content (AvgIpc) is 2.17. The zero-order chi connectivity index (χ0) is 11.8. The van der Waals surface area contributed by atoms with E-state index in [2.05, 4.69) is 43.2 Å². The van der Waals surface area contributed by atoms with Crippen LogP contribution in [0.3, 0.4) is 0 Å². The largest absolute Gasteiger partial charge is 2.00 e. The van der Waals surface area contributed by atoms with E-state index in [1.54, 1.807) is 0 Å². The molecule has 0 aromatic heterocycles. The fourth-order valence-electron chi connectivity index (χ4n) is 0.722. The van der Waals surface area contributed by atoms with Gasteiger partial charge in [0, 0.05) is 13.1 Å². The molecule has 4 nitrogen and oxygen atoms in total. The zero-order valence-electron chi connectivity index (χ0n) is 9.27. The van der Waals surface area contributed by atoms with Crippen molar-refractivity contribution in [3.63, 3.8) is 0 Å². The normalized spacial score (nSPS) is 6.67. The van der Waals surface area contributed by atoms with Crippen molar-refractivity contribution in [1.82, 2.24) is 4.90 Å². The summed E-state index contributed by atoms with van der Waals surface area (Å²) < 4.78 is 0. The van der Waals surface area contributed by atoms with Crippen LogP contribution in [0, 0.1) is 0 Å². The number of nitrogens with zero attached hydrogens (tertiary/aromatic N) is 3. The molecule has 0 aliphatic heterocycles. The summed E-state index contributed by atoms with van der Waals surface area (Å²) in [7, 11) is 0. The Kier molecular flexibility index (Phi) is 47.5. The fourth-order valence-corrected chi connectivity index (χ4v) is 0.722. The van der Waals surface area contributed by atoms with Gasteiger partial charge < -0.3 is 21.5 Å². The first kappa shape index (κ1) is 24.4. The van der Waals surface area contributed by atoms with Gasteiger partial charge in [0.2, 0.25) is 0 Å². The van der Waals surface area contributed by atoms with Crippen LogP contribution < -0.4 is 5.73 Å². The van der Waals surface area contributed by atoms with Crippen LogP contribution >= 0.6 is 24.4 Å². The molecule has 0 aliphatic carbocycles. The Morgan fingerprint density at radius 1 is 1.13 bits per heavy atom. The van der Waals surface area contributed by atoms with E-state index < -0.39 is 0 Å². The van der Waals surface area contributed by atoms with Gasteiger partial charge in [0.05, 0.1) is 0 Å². The third-order valence-electron chi connectivity index (χ3n) is 1.34. The van der Waals surface area contributed by atoms with E-state index in [0.29, 0.717) is 0 Å². The molecule has 0 saturated heterocycles. The van der Waals surface area contributed by atoms with Crippen molar-refractivity contribution in [2.75, 3.05) is 26.2 Å². The maximum absolute atomic E-state index is 7.13. The van der Waals surface area contributed by atoms with Crippen LogP contribution in [0.1, 0.15) is 13.8 Å². The third kappa shape index (κ3) is 40.9. The Bertz CT molecular complexity index is 150. The minimum atomic E-state index is 0. The molecule has 0 atom stereocenters. The Balaban J connectivity index is -0.0000000733. The first-order chi connectivity index (χ1) is 6.67. The first-order valence-corrected chi connectivity index (χ1v) is 4.94. The van der Waals surface area contributed by atoms with Gasteiger partial charge in [-0.3, -0.25) is 0 Å². The van der Waals surface area contributed by atoms with Gasteiger partial charge in [0.15, 0.2) is 0 Å². The molecule has 2 N–H and O–H groups in total. The quantitative estimate of drug-likeness (QED) is 0.486. The van der Waals surface area contributed by atoms with Gasteiger partial charge in [-0.15, -0.1) is 0 Å². The molecule has 15 heavy (non-hydrogen) atoms. The number of thiocarbonyl (C=S) groups is 2. The molecular weight excluding hydrogens is 282 g/mol. The second-order valence-corrected chi connectivity index (χ2v) is 2.36. The number of rotatable bonds is 4. The fraction of sp³-hybridized carbons (Fsp3) is 0.750. The van der Waals surface area contributed by atoms with E-state index in [1.807, 2.05) is 0 Å². The van der Waals surface area contributed by atoms with Crippen molar-refractivity contribution in [3.05, 3.63) is 10.8 Å². The van der Waals surface area contributed by atoms with E-state index in [-0.39, 0.29) is 19.5 Å². The summed E-state index contributed by atoms with van der Waals surface area (Å²) in [6, 6.07) is 0. The third-order valence-corrected chi connectivity index (χ3v) is 1.34. The summed E-state index contributed by atoms with van der Waals surface area (Å²) in [6.07, 6.45) is 0. The van der Waals surface area contributed by atoms with Gasteiger partial charge in [-0.1, -0.05) is 38.3 Å². The second kappa shape index (κ2) is 29.2. The van der Waals surface area contributed by atoms with Gasteiger partial charge in [-0.2, -0.15) is 10.3 Å². The van der Waals surface area contributed by atoms with Gasteiger partial charge in [0.1, 0.15) is 0 Å². The van der Waals surface area contributed by atoms with Crippen molar-refractivity contribution in [1.29, 1.82) is 0 Å². The predicted molar refractivity (Wildman–Crippen MR) is 68.8 cm³/mol. The van der Waals surface area contributed by atoms with Crippen LogP contribution in [-0.4, -0.2) is 41.4 Å². The summed E-state index contributed by atoms with van der Waals surface area (Å²) in [4.78, 5) is 2.31. The maximum atomic E-state index is 7.13. The second-order valence-electron chi connectivity index (χ2n) is 2.00. The van der Waals surface area contributed by atoms with Crippen molar-refractivity contribution in [2.24, 2.45) is 5.73 Å². The monoisotopic (exact) mass is 296 g/mol. The topological polar surface area (TPSA) is 73.9 Å². The molecule has 0 radical (unpaired) electrons. The molecule has 0 aromatic rings. The maximum Gasteiger partial charge on any atom is 2.00 e. The van der Waals surface area contributed by atoms with Crippen molar-refractivity contribution >= 4 is 34.8 Å². The van der Waals surface area contributed by atoms with E-state index in [4.69, 9.17) is 16.6 Å². The van der Waals surface area contributed by atoms with E-state index in [1.165, 1.54) is 10.3 Å². The molecule has 0 aromatic carbocycles. The summed E-state index contributed by atoms with van der Waals surface area (Å²) >= 11 is 7.40. The van der Waals surface area contributed by atoms with Crippen LogP contribution in [0.25, 0.3) is 10.8 Å².